The minimum Gasteiger partial charge on any atom is -0.391 e. The number of carbonyl (C=O) groups is 1. The van der Waals surface area contributed by atoms with Crippen molar-refractivity contribution < 1.29 is 9.90 Å². The number of pyridine rings is 1. The summed E-state index contributed by atoms with van der Waals surface area (Å²) in [6.07, 6.45) is 4.58. The summed E-state index contributed by atoms with van der Waals surface area (Å²) in [5.41, 5.74) is 1.58. The van der Waals surface area contributed by atoms with E-state index in [2.05, 4.69) is 9.88 Å². The Hall–Kier alpha value is -1.46. The lowest BCUT2D eigenvalue weighted by Crippen LogP contribution is -2.53. The Morgan fingerprint density at radius 1 is 1.24 bits per heavy atom. The molecule has 2 aliphatic rings. The fourth-order valence-corrected chi connectivity index (χ4v) is 3.38. The van der Waals surface area contributed by atoms with E-state index in [1.165, 1.54) is 0 Å². The van der Waals surface area contributed by atoms with Gasteiger partial charge >= 0.3 is 0 Å². The summed E-state index contributed by atoms with van der Waals surface area (Å²) in [6.45, 7) is 5.09. The lowest BCUT2D eigenvalue weighted by Gasteiger charge is -2.39. The van der Waals surface area contributed by atoms with Gasteiger partial charge in [-0.05, 0) is 38.3 Å². The van der Waals surface area contributed by atoms with Crippen molar-refractivity contribution in [2.24, 2.45) is 0 Å². The van der Waals surface area contributed by atoms with Crippen molar-refractivity contribution in [3.05, 3.63) is 29.6 Å². The number of aliphatic hydroxyl groups excluding tert-OH is 1. The van der Waals surface area contributed by atoms with Gasteiger partial charge in [-0.3, -0.25) is 14.7 Å². The molecule has 1 saturated heterocycles. The number of hydrogen-bond acceptors (Lipinski definition) is 4. The Morgan fingerprint density at radius 3 is 2.57 bits per heavy atom. The number of amides is 1. The van der Waals surface area contributed by atoms with Crippen LogP contribution in [0.3, 0.4) is 0 Å². The zero-order chi connectivity index (χ0) is 14.8. The molecule has 2 atom stereocenters. The summed E-state index contributed by atoms with van der Waals surface area (Å²) in [7, 11) is 0. The second kappa shape index (κ2) is 6.12. The van der Waals surface area contributed by atoms with Crippen molar-refractivity contribution in [1.29, 1.82) is 0 Å². The molecule has 0 aromatic carbocycles. The zero-order valence-electron chi connectivity index (χ0n) is 12.5. The Balaban J connectivity index is 1.58. The molecule has 1 aromatic heterocycles. The lowest BCUT2D eigenvalue weighted by atomic mass is 10.1. The van der Waals surface area contributed by atoms with Crippen molar-refractivity contribution in [3.8, 4) is 0 Å². The van der Waals surface area contributed by atoms with E-state index in [4.69, 9.17) is 0 Å². The van der Waals surface area contributed by atoms with Crippen LogP contribution in [0.1, 0.15) is 35.3 Å². The van der Waals surface area contributed by atoms with Crippen LogP contribution in [-0.4, -0.2) is 64.1 Å². The normalized spacial score (nSPS) is 27.0. The van der Waals surface area contributed by atoms with E-state index in [1.54, 1.807) is 6.20 Å². The molecular weight excluding hydrogens is 266 g/mol. The molecule has 1 aliphatic heterocycles. The van der Waals surface area contributed by atoms with Gasteiger partial charge < -0.3 is 10.0 Å². The summed E-state index contributed by atoms with van der Waals surface area (Å²) in [4.78, 5) is 20.8. The number of aliphatic hydroxyl groups is 1. The Labute approximate surface area is 125 Å². The zero-order valence-corrected chi connectivity index (χ0v) is 12.5. The van der Waals surface area contributed by atoms with Gasteiger partial charge in [0.1, 0.15) is 0 Å². The van der Waals surface area contributed by atoms with E-state index in [1.807, 2.05) is 24.0 Å². The molecule has 1 saturated carbocycles. The Bertz CT molecular complexity index is 495. The molecule has 0 radical (unpaired) electrons. The molecule has 1 aromatic rings. The van der Waals surface area contributed by atoms with E-state index >= 15 is 0 Å². The smallest absolute Gasteiger partial charge is 0.255 e. The summed E-state index contributed by atoms with van der Waals surface area (Å²) >= 11 is 0. The molecule has 1 amide bonds. The van der Waals surface area contributed by atoms with Gasteiger partial charge in [0.05, 0.1) is 11.7 Å². The summed E-state index contributed by atoms with van der Waals surface area (Å²) in [6, 6.07) is 4.01. The largest absolute Gasteiger partial charge is 0.391 e. The van der Waals surface area contributed by atoms with Gasteiger partial charge in [-0.2, -0.15) is 0 Å². The highest BCUT2D eigenvalue weighted by molar-refractivity contribution is 5.94. The minimum atomic E-state index is -0.187. The Morgan fingerprint density at radius 2 is 2.00 bits per heavy atom. The first-order valence-electron chi connectivity index (χ1n) is 7.79. The topological polar surface area (TPSA) is 56.7 Å². The highest BCUT2D eigenvalue weighted by atomic mass is 16.3. The predicted octanol–water partition coefficient (Wildman–Crippen LogP) is 1.06. The molecule has 2 heterocycles. The van der Waals surface area contributed by atoms with Gasteiger partial charge in [-0.15, -0.1) is 0 Å². The molecule has 3 rings (SSSR count). The minimum absolute atomic E-state index is 0.0640. The standard InChI is InChI=1S/C16H23N3O2/c1-12-5-6-13(11-17-12)16(21)19-9-7-18(8-10-19)14-3-2-4-15(14)20/h5-6,11,14-15,20H,2-4,7-10H2,1H3/t14-,15-/m1/s1. The van der Waals surface area contributed by atoms with Gasteiger partial charge in [-0.1, -0.05) is 0 Å². The first kappa shape index (κ1) is 14.5. The predicted molar refractivity (Wildman–Crippen MR) is 80.1 cm³/mol. The summed E-state index contributed by atoms with van der Waals surface area (Å²) in [5.74, 6) is 0.0640. The van der Waals surface area contributed by atoms with Gasteiger partial charge in [0.25, 0.3) is 5.91 Å². The van der Waals surface area contributed by atoms with Crippen LogP contribution in [-0.2, 0) is 0 Å². The molecule has 114 valence electrons. The van der Waals surface area contributed by atoms with Crippen LogP contribution in [0, 0.1) is 6.92 Å². The number of aromatic nitrogens is 1. The second-order valence-electron chi connectivity index (χ2n) is 6.08. The van der Waals surface area contributed by atoms with E-state index in [9.17, 15) is 9.90 Å². The third-order valence-corrected chi connectivity index (χ3v) is 4.67. The lowest BCUT2D eigenvalue weighted by molar-refractivity contribution is 0.0315. The van der Waals surface area contributed by atoms with Crippen LogP contribution >= 0.6 is 0 Å². The molecule has 1 N–H and O–H groups in total. The first-order chi connectivity index (χ1) is 10.1. The van der Waals surface area contributed by atoms with Gasteiger partial charge in [0.15, 0.2) is 0 Å². The molecule has 2 fully saturated rings. The van der Waals surface area contributed by atoms with Crippen molar-refractivity contribution in [2.75, 3.05) is 26.2 Å². The maximum Gasteiger partial charge on any atom is 0.255 e. The SMILES string of the molecule is Cc1ccc(C(=O)N2CCN([C@@H]3CCC[C@H]3O)CC2)cn1. The third kappa shape index (κ3) is 3.09. The molecule has 0 bridgehead atoms. The first-order valence-corrected chi connectivity index (χ1v) is 7.79. The van der Waals surface area contributed by atoms with E-state index in [0.717, 1.165) is 51.1 Å². The van der Waals surface area contributed by atoms with Crippen LogP contribution in [0.25, 0.3) is 0 Å². The van der Waals surface area contributed by atoms with E-state index < -0.39 is 0 Å². The van der Waals surface area contributed by atoms with Crippen molar-refractivity contribution in [1.82, 2.24) is 14.8 Å². The van der Waals surface area contributed by atoms with Crippen molar-refractivity contribution in [3.63, 3.8) is 0 Å². The fraction of sp³-hybridized carbons (Fsp3) is 0.625. The number of nitrogens with zero attached hydrogens (tertiary/aromatic N) is 3. The van der Waals surface area contributed by atoms with E-state index in [-0.39, 0.29) is 12.0 Å². The quantitative estimate of drug-likeness (QED) is 0.884. The summed E-state index contributed by atoms with van der Waals surface area (Å²) < 4.78 is 0. The summed E-state index contributed by atoms with van der Waals surface area (Å²) in [5, 5.41) is 9.99. The molecule has 0 unspecified atom stereocenters. The van der Waals surface area contributed by atoms with Gasteiger partial charge in [0.2, 0.25) is 0 Å². The van der Waals surface area contributed by atoms with Gasteiger partial charge in [0, 0.05) is 44.1 Å². The molecule has 5 heteroatoms. The van der Waals surface area contributed by atoms with Crippen LogP contribution in [0.4, 0.5) is 0 Å². The fourth-order valence-electron chi connectivity index (χ4n) is 3.38. The van der Waals surface area contributed by atoms with Crippen molar-refractivity contribution >= 4 is 5.91 Å². The van der Waals surface area contributed by atoms with Crippen molar-refractivity contribution in [2.45, 2.75) is 38.3 Å². The second-order valence-corrected chi connectivity index (χ2v) is 6.08. The maximum atomic E-state index is 12.4. The van der Waals surface area contributed by atoms with Crippen LogP contribution in [0.5, 0.6) is 0 Å². The number of piperazine rings is 1. The monoisotopic (exact) mass is 289 g/mol. The number of aryl methyl sites for hydroxylation is 1. The molecule has 1 aliphatic carbocycles. The highest BCUT2D eigenvalue weighted by Crippen LogP contribution is 2.25. The van der Waals surface area contributed by atoms with Gasteiger partial charge in [-0.25, -0.2) is 0 Å². The van der Waals surface area contributed by atoms with Crippen LogP contribution < -0.4 is 0 Å². The third-order valence-electron chi connectivity index (χ3n) is 4.67. The highest BCUT2D eigenvalue weighted by Gasteiger charge is 2.33. The molecule has 0 spiro atoms. The average molecular weight is 289 g/mol. The van der Waals surface area contributed by atoms with Crippen LogP contribution in [0.15, 0.2) is 18.3 Å². The number of hydrogen-bond donors (Lipinski definition) is 1. The number of rotatable bonds is 2. The average Bonchev–Trinajstić information content (AvgIpc) is 2.94. The maximum absolute atomic E-state index is 12.4. The van der Waals surface area contributed by atoms with E-state index in [0.29, 0.717) is 11.6 Å². The molecule has 5 nitrogen and oxygen atoms in total. The molecule has 21 heavy (non-hydrogen) atoms. The Kier molecular flexibility index (Phi) is 4.22. The number of carbonyl (C=O) groups excluding carboxylic acids is 1. The molecular formula is C16H23N3O2. The van der Waals surface area contributed by atoms with Crippen LogP contribution in [0.2, 0.25) is 0 Å².